The molecule has 3 N–H and O–H groups in total. The lowest BCUT2D eigenvalue weighted by Gasteiger charge is -1.97. The number of hydrogen-bond acceptors (Lipinski definition) is 3. The largest absolute Gasteiger partial charge is 0.322 e. The van der Waals surface area contributed by atoms with Gasteiger partial charge in [0.25, 0.3) is 0 Å². The van der Waals surface area contributed by atoms with Crippen molar-refractivity contribution in [2.75, 3.05) is 0 Å². The van der Waals surface area contributed by atoms with E-state index in [0.29, 0.717) is 16.7 Å². The van der Waals surface area contributed by atoms with E-state index in [9.17, 15) is 0 Å². The third-order valence-corrected chi connectivity index (χ3v) is 2.25. The molecule has 0 aliphatic carbocycles. The van der Waals surface area contributed by atoms with Crippen LogP contribution in [0.2, 0.25) is 5.02 Å². The summed E-state index contributed by atoms with van der Waals surface area (Å²) in [7, 11) is 0. The van der Waals surface area contributed by atoms with Crippen LogP contribution < -0.4 is 5.73 Å². The van der Waals surface area contributed by atoms with Crippen molar-refractivity contribution in [2.24, 2.45) is 5.73 Å². The third-order valence-electron chi connectivity index (χ3n) is 2.02. The Kier molecular flexibility index (Phi) is 2.70. The van der Waals surface area contributed by atoms with Gasteiger partial charge in [-0.15, -0.1) is 0 Å². The van der Waals surface area contributed by atoms with E-state index >= 15 is 0 Å². The number of aromatic amines is 1. The molecule has 0 saturated heterocycles. The van der Waals surface area contributed by atoms with Crippen LogP contribution in [-0.2, 0) is 0 Å². The number of H-pyrrole nitrogens is 1. The molecule has 1 atom stereocenters. The monoisotopic (exact) mass is 222 g/mol. The average molecular weight is 223 g/mol. The number of hydrogen-bond donors (Lipinski definition) is 2. The smallest absolute Gasteiger partial charge is 0.181 e. The first-order chi connectivity index (χ1) is 7.16. The molecular weight excluding hydrogens is 212 g/mol. The lowest BCUT2D eigenvalue weighted by Crippen LogP contribution is -2.06. The van der Waals surface area contributed by atoms with Crippen LogP contribution in [0.3, 0.4) is 0 Å². The predicted octanol–water partition coefficient (Wildman–Crippen LogP) is 2.14. The minimum atomic E-state index is -0.148. The summed E-state index contributed by atoms with van der Waals surface area (Å²) >= 11 is 5.87. The zero-order chi connectivity index (χ0) is 10.8. The summed E-state index contributed by atoms with van der Waals surface area (Å²) in [6, 6.07) is 7.24. The minimum Gasteiger partial charge on any atom is -0.322 e. The fourth-order valence-corrected chi connectivity index (χ4v) is 1.42. The van der Waals surface area contributed by atoms with Gasteiger partial charge in [-0.05, 0) is 19.1 Å². The zero-order valence-electron chi connectivity index (χ0n) is 8.24. The van der Waals surface area contributed by atoms with Gasteiger partial charge in [0, 0.05) is 10.6 Å². The molecule has 0 unspecified atom stereocenters. The quantitative estimate of drug-likeness (QED) is 0.818. The highest BCUT2D eigenvalue weighted by Gasteiger charge is 2.08. The number of nitrogens with two attached hydrogens (primary N) is 1. The molecule has 0 amide bonds. The van der Waals surface area contributed by atoms with E-state index < -0.39 is 0 Å². The summed E-state index contributed by atoms with van der Waals surface area (Å²) in [6.45, 7) is 1.85. The SMILES string of the molecule is C[C@H](N)c1nc(-c2cccc(Cl)c2)n[nH]1. The standard InChI is InChI=1S/C10H11ClN4/c1-6(12)9-13-10(15-14-9)7-3-2-4-8(11)5-7/h2-6H,12H2,1H3,(H,13,14,15)/t6-/m0/s1. The first-order valence-corrected chi connectivity index (χ1v) is 4.98. The van der Waals surface area contributed by atoms with Gasteiger partial charge in [-0.2, -0.15) is 5.10 Å². The highest BCUT2D eigenvalue weighted by Crippen LogP contribution is 2.19. The van der Waals surface area contributed by atoms with Gasteiger partial charge in [-0.25, -0.2) is 4.98 Å². The van der Waals surface area contributed by atoms with Crippen LogP contribution in [0, 0.1) is 0 Å². The van der Waals surface area contributed by atoms with E-state index in [-0.39, 0.29) is 6.04 Å². The number of benzene rings is 1. The van der Waals surface area contributed by atoms with E-state index in [1.54, 1.807) is 0 Å². The highest BCUT2D eigenvalue weighted by molar-refractivity contribution is 6.30. The Labute approximate surface area is 92.5 Å². The van der Waals surface area contributed by atoms with Gasteiger partial charge in [-0.3, -0.25) is 5.10 Å². The molecular formula is C10H11ClN4. The van der Waals surface area contributed by atoms with E-state index in [1.807, 2.05) is 31.2 Å². The lowest BCUT2D eigenvalue weighted by atomic mass is 10.2. The normalized spacial score (nSPS) is 12.7. The maximum atomic E-state index is 5.87. The second-order valence-corrected chi connectivity index (χ2v) is 3.78. The maximum absolute atomic E-state index is 5.87. The van der Waals surface area contributed by atoms with Crippen molar-refractivity contribution >= 4 is 11.6 Å². The Morgan fingerprint density at radius 1 is 1.47 bits per heavy atom. The van der Waals surface area contributed by atoms with Crippen LogP contribution >= 0.6 is 11.6 Å². The Hall–Kier alpha value is -1.39. The molecule has 1 aromatic carbocycles. The zero-order valence-corrected chi connectivity index (χ0v) is 8.99. The summed E-state index contributed by atoms with van der Waals surface area (Å²) in [5, 5.41) is 7.53. The minimum absolute atomic E-state index is 0.148. The molecule has 15 heavy (non-hydrogen) atoms. The van der Waals surface area contributed by atoms with Crippen molar-refractivity contribution in [3.05, 3.63) is 35.1 Å². The second-order valence-electron chi connectivity index (χ2n) is 3.34. The van der Waals surface area contributed by atoms with Gasteiger partial charge in [0.15, 0.2) is 5.82 Å². The summed E-state index contributed by atoms with van der Waals surface area (Å²) in [6.07, 6.45) is 0. The van der Waals surface area contributed by atoms with Crippen molar-refractivity contribution in [3.63, 3.8) is 0 Å². The van der Waals surface area contributed by atoms with Gasteiger partial charge >= 0.3 is 0 Å². The first kappa shape index (κ1) is 10.1. The average Bonchev–Trinajstić information content (AvgIpc) is 2.66. The number of nitrogens with zero attached hydrogens (tertiary/aromatic N) is 2. The van der Waals surface area contributed by atoms with Gasteiger partial charge in [0.2, 0.25) is 0 Å². The molecule has 1 aromatic heterocycles. The summed E-state index contributed by atoms with van der Waals surface area (Å²) in [4.78, 5) is 4.27. The van der Waals surface area contributed by atoms with Crippen LogP contribution in [0.5, 0.6) is 0 Å². The van der Waals surface area contributed by atoms with Gasteiger partial charge in [0.05, 0.1) is 6.04 Å². The molecule has 2 rings (SSSR count). The van der Waals surface area contributed by atoms with Crippen molar-refractivity contribution in [3.8, 4) is 11.4 Å². The van der Waals surface area contributed by atoms with Gasteiger partial charge < -0.3 is 5.73 Å². The van der Waals surface area contributed by atoms with Crippen LogP contribution in [0.25, 0.3) is 11.4 Å². The number of aromatic nitrogens is 3. The topological polar surface area (TPSA) is 67.6 Å². The predicted molar refractivity (Wildman–Crippen MR) is 59.4 cm³/mol. The number of rotatable bonds is 2. The van der Waals surface area contributed by atoms with Crippen molar-refractivity contribution in [1.29, 1.82) is 0 Å². The van der Waals surface area contributed by atoms with E-state index in [1.165, 1.54) is 0 Å². The highest BCUT2D eigenvalue weighted by atomic mass is 35.5. The first-order valence-electron chi connectivity index (χ1n) is 4.60. The van der Waals surface area contributed by atoms with E-state index in [4.69, 9.17) is 17.3 Å². The molecule has 0 bridgehead atoms. The Bertz CT molecular complexity index is 464. The molecule has 0 radical (unpaired) electrons. The van der Waals surface area contributed by atoms with E-state index in [2.05, 4.69) is 15.2 Å². The Morgan fingerprint density at radius 3 is 2.87 bits per heavy atom. The molecule has 5 heteroatoms. The maximum Gasteiger partial charge on any atom is 0.181 e. The molecule has 4 nitrogen and oxygen atoms in total. The summed E-state index contributed by atoms with van der Waals surface area (Å²) in [5.74, 6) is 1.29. The van der Waals surface area contributed by atoms with E-state index in [0.717, 1.165) is 5.56 Å². The fraction of sp³-hybridized carbons (Fsp3) is 0.200. The van der Waals surface area contributed by atoms with Crippen molar-refractivity contribution in [2.45, 2.75) is 13.0 Å². The Morgan fingerprint density at radius 2 is 2.27 bits per heavy atom. The fourth-order valence-electron chi connectivity index (χ4n) is 1.23. The van der Waals surface area contributed by atoms with Crippen molar-refractivity contribution < 1.29 is 0 Å². The molecule has 0 saturated carbocycles. The lowest BCUT2D eigenvalue weighted by molar-refractivity contribution is 0.745. The molecule has 0 aliphatic rings. The molecule has 0 fully saturated rings. The molecule has 1 heterocycles. The van der Waals surface area contributed by atoms with Gasteiger partial charge in [-0.1, -0.05) is 23.7 Å². The Balaban J connectivity index is 2.37. The van der Waals surface area contributed by atoms with Gasteiger partial charge in [0.1, 0.15) is 5.82 Å². The van der Waals surface area contributed by atoms with Crippen LogP contribution in [0.4, 0.5) is 0 Å². The number of halogens is 1. The number of nitrogens with one attached hydrogen (secondary N) is 1. The van der Waals surface area contributed by atoms with Crippen LogP contribution in [-0.4, -0.2) is 15.2 Å². The summed E-state index contributed by atoms with van der Waals surface area (Å²) in [5.41, 5.74) is 6.56. The molecule has 0 spiro atoms. The van der Waals surface area contributed by atoms with Crippen LogP contribution in [0.15, 0.2) is 24.3 Å². The molecule has 2 aromatic rings. The summed E-state index contributed by atoms with van der Waals surface area (Å²) < 4.78 is 0. The molecule has 0 aliphatic heterocycles. The molecule has 78 valence electrons. The van der Waals surface area contributed by atoms with Crippen molar-refractivity contribution in [1.82, 2.24) is 15.2 Å². The second kappa shape index (κ2) is 4.00. The third kappa shape index (κ3) is 2.16. The van der Waals surface area contributed by atoms with Crippen LogP contribution in [0.1, 0.15) is 18.8 Å².